The first-order chi connectivity index (χ1) is 17.4. The van der Waals surface area contributed by atoms with E-state index in [1.54, 1.807) is 30.3 Å². The Morgan fingerprint density at radius 2 is 1.83 bits per heavy atom. The number of aryl methyl sites for hydroxylation is 2. The molecule has 1 amide bonds. The van der Waals surface area contributed by atoms with Gasteiger partial charge in [-0.25, -0.2) is 4.79 Å². The lowest BCUT2D eigenvalue weighted by Gasteiger charge is -2.29. The zero-order chi connectivity index (χ0) is 25.7. The van der Waals surface area contributed by atoms with Crippen LogP contribution >= 0.6 is 0 Å². The lowest BCUT2D eigenvalue weighted by atomic mass is 10.1. The van der Waals surface area contributed by atoms with Crippen LogP contribution in [0.1, 0.15) is 37.7 Å². The number of morpholine rings is 1. The van der Waals surface area contributed by atoms with Crippen molar-refractivity contribution >= 4 is 23.3 Å². The van der Waals surface area contributed by atoms with Gasteiger partial charge in [0.25, 0.3) is 5.91 Å². The Balaban J connectivity index is 1.52. The highest BCUT2D eigenvalue weighted by molar-refractivity contribution is 6.08. The van der Waals surface area contributed by atoms with Crippen LogP contribution in [0, 0.1) is 13.8 Å². The van der Waals surface area contributed by atoms with Gasteiger partial charge in [0.05, 0.1) is 49.9 Å². The van der Waals surface area contributed by atoms with E-state index in [1.807, 2.05) is 19.9 Å². The maximum absolute atomic E-state index is 13.1. The number of nitrogens with one attached hydrogen (secondary N) is 1. The Kier molecular flexibility index (Phi) is 7.74. The molecule has 1 aliphatic heterocycles. The van der Waals surface area contributed by atoms with E-state index in [4.69, 9.17) is 23.5 Å². The van der Waals surface area contributed by atoms with E-state index in [1.165, 1.54) is 14.2 Å². The summed E-state index contributed by atoms with van der Waals surface area (Å²) in [6.07, 6.45) is 0. The molecule has 0 saturated carbocycles. The summed E-state index contributed by atoms with van der Waals surface area (Å²) in [5.41, 5.74) is 3.42. The van der Waals surface area contributed by atoms with Crippen molar-refractivity contribution in [3.05, 3.63) is 64.5 Å². The normalized spacial score (nSPS) is 13.3. The van der Waals surface area contributed by atoms with Gasteiger partial charge >= 0.3 is 5.97 Å². The maximum Gasteiger partial charge on any atom is 0.340 e. The van der Waals surface area contributed by atoms with Crippen LogP contribution < -0.4 is 19.7 Å². The van der Waals surface area contributed by atoms with Crippen molar-refractivity contribution in [3.63, 3.8) is 0 Å². The topological polar surface area (TPSA) is 112 Å². The zero-order valence-electron chi connectivity index (χ0n) is 20.8. The number of nitrogens with zero attached hydrogens (tertiary/aromatic N) is 2. The Morgan fingerprint density at radius 1 is 1.06 bits per heavy atom. The molecule has 10 heteroatoms. The van der Waals surface area contributed by atoms with E-state index in [-0.39, 0.29) is 12.2 Å². The second kappa shape index (κ2) is 11.1. The van der Waals surface area contributed by atoms with Gasteiger partial charge in [0, 0.05) is 24.3 Å². The highest BCUT2D eigenvalue weighted by Crippen LogP contribution is 2.31. The Hall–Kier alpha value is -4.05. The Morgan fingerprint density at radius 3 is 2.50 bits per heavy atom. The second-order valence-electron chi connectivity index (χ2n) is 8.23. The number of esters is 1. The number of hydrogen-bond acceptors (Lipinski definition) is 9. The van der Waals surface area contributed by atoms with E-state index >= 15 is 0 Å². The molecular weight excluding hydrogens is 466 g/mol. The fourth-order valence-electron chi connectivity index (χ4n) is 3.92. The van der Waals surface area contributed by atoms with Gasteiger partial charge in [-0.1, -0.05) is 5.16 Å². The third-order valence-electron chi connectivity index (χ3n) is 6.01. The minimum atomic E-state index is -0.541. The number of anilines is 2. The summed E-state index contributed by atoms with van der Waals surface area (Å²) in [6.45, 7) is 6.58. The van der Waals surface area contributed by atoms with Crippen LogP contribution in [0.4, 0.5) is 11.4 Å². The molecule has 0 atom stereocenters. The van der Waals surface area contributed by atoms with Crippen LogP contribution in [0.2, 0.25) is 0 Å². The lowest BCUT2D eigenvalue weighted by molar-refractivity contribution is 0.0602. The Labute approximate surface area is 209 Å². The smallest absolute Gasteiger partial charge is 0.340 e. The van der Waals surface area contributed by atoms with E-state index < -0.39 is 11.9 Å². The molecule has 0 bridgehead atoms. The monoisotopic (exact) mass is 495 g/mol. The van der Waals surface area contributed by atoms with E-state index in [2.05, 4.69) is 15.4 Å². The summed E-state index contributed by atoms with van der Waals surface area (Å²) in [4.78, 5) is 27.7. The quantitative estimate of drug-likeness (QED) is 0.467. The van der Waals surface area contributed by atoms with Gasteiger partial charge in [0.1, 0.15) is 12.4 Å². The molecule has 1 N–H and O–H groups in total. The van der Waals surface area contributed by atoms with Gasteiger partial charge in [0.2, 0.25) is 0 Å². The van der Waals surface area contributed by atoms with Crippen LogP contribution in [0.3, 0.4) is 0 Å². The molecule has 4 rings (SSSR count). The number of ether oxygens (including phenoxy) is 4. The average molecular weight is 496 g/mol. The average Bonchev–Trinajstić information content (AvgIpc) is 3.24. The van der Waals surface area contributed by atoms with Crippen LogP contribution in [-0.2, 0) is 16.1 Å². The molecule has 0 aliphatic carbocycles. The SMILES string of the molecule is COC(=O)c1cc(N2CCOCC2)ccc1NC(=O)c1ccc(OCc2c(C)noc2C)c(OC)c1. The number of methoxy groups -OCH3 is 2. The minimum absolute atomic E-state index is 0.251. The molecule has 1 aliphatic rings. The van der Waals surface area contributed by atoms with Crippen molar-refractivity contribution in [1.29, 1.82) is 0 Å². The summed E-state index contributed by atoms with van der Waals surface area (Å²) in [5, 5.41) is 6.74. The van der Waals surface area contributed by atoms with E-state index in [9.17, 15) is 9.59 Å². The van der Waals surface area contributed by atoms with Crippen molar-refractivity contribution in [2.75, 3.05) is 50.7 Å². The maximum atomic E-state index is 13.1. The molecular formula is C26H29N3O7. The third kappa shape index (κ3) is 5.44. The minimum Gasteiger partial charge on any atom is -0.493 e. The van der Waals surface area contributed by atoms with Crippen molar-refractivity contribution in [1.82, 2.24) is 5.16 Å². The van der Waals surface area contributed by atoms with Crippen molar-refractivity contribution in [2.45, 2.75) is 20.5 Å². The van der Waals surface area contributed by atoms with Crippen LogP contribution in [-0.4, -0.2) is 57.6 Å². The summed E-state index contributed by atoms with van der Waals surface area (Å²) in [7, 11) is 2.81. The van der Waals surface area contributed by atoms with Gasteiger partial charge in [-0.15, -0.1) is 0 Å². The van der Waals surface area contributed by atoms with Gasteiger partial charge in [-0.3, -0.25) is 4.79 Å². The molecule has 1 saturated heterocycles. The number of hydrogen-bond donors (Lipinski definition) is 1. The molecule has 10 nitrogen and oxygen atoms in total. The number of rotatable bonds is 8. The van der Waals surface area contributed by atoms with Crippen LogP contribution in [0.25, 0.3) is 0 Å². The lowest BCUT2D eigenvalue weighted by Crippen LogP contribution is -2.36. The summed E-state index contributed by atoms with van der Waals surface area (Å²) in [5.74, 6) is 0.601. The highest BCUT2D eigenvalue weighted by Gasteiger charge is 2.20. The van der Waals surface area contributed by atoms with Gasteiger partial charge in [0.15, 0.2) is 11.5 Å². The highest BCUT2D eigenvalue weighted by atomic mass is 16.5. The van der Waals surface area contributed by atoms with Crippen LogP contribution in [0.15, 0.2) is 40.9 Å². The third-order valence-corrected chi connectivity index (χ3v) is 6.01. The fourth-order valence-corrected chi connectivity index (χ4v) is 3.92. The van der Waals surface area contributed by atoms with Crippen molar-refractivity contribution < 1.29 is 33.1 Å². The molecule has 2 aromatic carbocycles. The Bertz CT molecular complexity index is 1230. The molecule has 36 heavy (non-hydrogen) atoms. The number of aromatic nitrogens is 1. The first-order valence-corrected chi connectivity index (χ1v) is 11.5. The number of benzene rings is 2. The molecule has 0 unspecified atom stereocenters. The van der Waals surface area contributed by atoms with Crippen molar-refractivity contribution in [2.24, 2.45) is 0 Å². The summed E-state index contributed by atoms with van der Waals surface area (Å²) >= 11 is 0. The van der Waals surface area contributed by atoms with E-state index in [0.717, 1.165) is 30.0 Å². The zero-order valence-corrected chi connectivity index (χ0v) is 20.8. The van der Waals surface area contributed by atoms with E-state index in [0.29, 0.717) is 41.7 Å². The first-order valence-electron chi connectivity index (χ1n) is 11.5. The van der Waals surface area contributed by atoms with Gasteiger partial charge in [-0.2, -0.15) is 0 Å². The molecule has 0 spiro atoms. The predicted molar refractivity (Wildman–Crippen MR) is 132 cm³/mol. The summed E-state index contributed by atoms with van der Waals surface area (Å²) < 4.78 is 26.9. The van der Waals surface area contributed by atoms with Gasteiger partial charge in [-0.05, 0) is 50.2 Å². The van der Waals surface area contributed by atoms with Crippen LogP contribution in [0.5, 0.6) is 11.5 Å². The predicted octanol–water partition coefficient (Wildman–Crippen LogP) is 3.75. The summed E-state index contributed by atoms with van der Waals surface area (Å²) in [6, 6.07) is 10.2. The molecule has 2 heterocycles. The first kappa shape index (κ1) is 25.1. The fraction of sp³-hybridized carbons (Fsp3) is 0.346. The second-order valence-corrected chi connectivity index (χ2v) is 8.23. The standard InChI is InChI=1S/C26H29N3O7/c1-16-21(17(2)36-28-16)15-35-23-8-5-18(13-24(23)32-3)25(30)27-22-7-6-19(14-20(22)26(31)33-4)29-9-11-34-12-10-29/h5-8,13-14H,9-12,15H2,1-4H3,(H,27,30). The molecule has 190 valence electrons. The largest absolute Gasteiger partial charge is 0.493 e. The number of amides is 1. The molecule has 0 radical (unpaired) electrons. The number of carbonyl (C=O) groups excluding carboxylic acids is 2. The van der Waals surface area contributed by atoms with Gasteiger partial charge < -0.3 is 33.7 Å². The molecule has 3 aromatic rings. The number of carbonyl (C=O) groups is 2. The molecule has 1 aromatic heterocycles. The molecule has 1 fully saturated rings. The van der Waals surface area contributed by atoms with Crippen molar-refractivity contribution in [3.8, 4) is 11.5 Å².